The second-order valence-electron chi connectivity index (χ2n) is 4.31. The molecule has 0 radical (unpaired) electrons. The van der Waals surface area contributed by atoms with E-state index in [1.807, 2.05) is 0 Å². The third kappa shape index (κ3) is 4.56. The summed E-state index contributed by atoms with van der Waals surface area (Å²) in [6, 6.07) is 5.09. The summed E-state index contributed by atoms with van der Waals surface area (Å²) in [5.41, 5.74) is 5.57. The fourth-order valence-corrected chi connectivity index (χ4v) is 1.73. The van der Waals surface area contributed by atoms with Crippen LogP contribution in [0.2, 0.25) is 0 Å². The molecule has 0 saturated heterocycles. The second-order valence-corrected chi connectivity index (χ2v) is 4.31. The summed E-state index contributed by atoms with van der Waals surface area (Å²) in [6.07, 6.45) is -2.35. The predicted octanol–water partition coefficient (Wildman–Crippen LogP) is 3.49. The molecular weight excluding hydrogens is 241 g/mol. The highest BCUT2D eigenvalue weighted by molar-refractivity contribution is 5.45. The van der Waals surface area contributed by atoms with Gasteiger partial charge in [0.2, 0.25) is 0 Å². The molecule has 1 rings (SSSR count). The van der Waals surface area contributed by atoms with E-state index in [2.05, 4.69) is 12.2 Å². The fourth-order valence-electron chi connectivity index (χ4n) is 1.73. The molecule has 1 atom stereocenters. The zero-order valence-electron chi connectivity index (χ0n) is 10.4. The van der Waals surface area contributed by atoms with Crippen molar-refractivity contribution in [2.24, 2.45) is 11.7 Å². The van der Waals surface area contributed by atoms with Crippen LogP contribution in [0.15, 0.2) is 24.3 Å². The van der Waals surface area contributed by atoms with Crippen LogP contribution in [0.5, 0.6) is 0 Å². The molecule has 1 unspecified atom stereocenters. The van der Waals surface area contributed by atoms with Crippen molar-refractivity contribution in [3.05, 3.63) is 29.8 Å². The lowest BCUT2D eigenvalue weighted by Gasteiger charge is -2.16. The van der Waals surface area contributed by atoms with Gasteiger partial charge in [0.1, 0.15) is 0 Å². The average Bonchev–Trinajstić information content (AvgIpc) is 2.34. The Labute approximate surface area is 105 Å². The molecule has 0 aliphatic carbocycles. The zero-order chi connectivity index (χ0) is 13.6. The summed E-state index contributed by atoms with van der Waals surface area (Å²) in [6.45, 7) is 3.45. The quantitative estimate of drug-likeness (QED) is 0.821. The van der Waals surface area contributed by atoms with Crippen molar-refractivity contribution >= 4 is 5.69 Å². The van der Waals surface area contributed by atoms with Gasteiger partial charge >= 0.3 is 6.18 Å². The lowest BCUT2D eigenvalue weighted by molar-refractivity contribution is -0.137. The van der Waals surface area contributed by atoms with Gasteiger partial charge in [-0.3, -0.25) is 0 Å². The first-order chi connectivity index (χ1) is 8.47. The number of halogens is 3. The minimum atomic E-state index is -4.27. The Hall–Kier alpha value is -1.23. The zero-order valence-corrected chi connectivity index (χ0v) is 10.4. The molecule has 0 heterocycles. The Morgan fingerprint density at radius 3 is 2.28 bits per heavy atom. The van der Waals surface area contributed by atoms with Crippen molar-refractivity contribution in [1.82, 2.24) is 0 Å². The van der Waals surface area contributed by atoms with Crippen LogP contribution < -0.4 is 11.1 Å². The lowest BCUT2D eigenvalue weighted by Crippen LogP contribution is -2.17. The number of rotatable bonds is 6. The molecular formula is C13H19F3N2. The van der Waals surface area contributed by atoms with Crippen LogP contribution >= 0.6 is 0 Å². The molecule has 1 aromatic rings. The molecule has 0 fully saturated rings. The van der Waals surface area contributed by atoms with Crippen molar-refractivity contribution in [2.45, 2.75) is 25.9 Å². The van der Waals surface area contributed by atoms with Crippen molar-refractivity contribution in [1.29, 1.82) is 0 Å². The van der Waals surface area contributed by atoms with E-state index >= 15 is 0 Å². The number of alkyl halides is 3. The van der Waals surface area contributed by atoms with Crippen LogP contribution in [0.3, 0.4) is 0 Å². The first kappa shape index (κ1) is 14.8. The summed E-state index contributed by atoms with van der Waals surface area (Å²) in [5.74, 6) is 0.456. The Morgan fingerprint density at radius 2 is 1.83 bits per heavy atom. The van der Waals surface area contributed by atoms with Gasteiger partial charge in [-0.05, 0) is 43.1 Å². The molecule has 0 spiro atoms. The number of nitrogens with two attached hydrogens (primary N) is 1. The number of anilines is 1. The summed E-state index contributed by atoms with van der Waals surface area (Å²) >= 11 is 0. The molecule has 0 aliphatic heterocycles. The van der Waals surface area contributed by atoms with Gasteiger partial charge in [-0.15, -0.1) is 0 Å². The van der Waals surface area contributed by atoms with Gasteiger partial charge in [-0.2, -0.15) is 13.2 Å². The van der Waals surface area contributed by atoms with E-state index in [-0.39, 0.29) is 0 Å². The van der Waals surface area contributed by atoms with E-state index in [1.165, 1.54) is 12.1 Å². The summed E-state index contributed by atoms with van der Waals surface area (Å²) in [7, 11) is 0. The van der Waals surface area contributed by atoms with E-state index in [1.54, 1.807) is 0 Å². The van der Waals surface area contributed by atoms with Gasteiger partial charge in [0, 0.05) is 12.2 Å². The van der Waals surface area contributed by atoms with Gasteiger partial charge in [0.05, 0.1) is 5.56 Å². The number of hydrogen-bond acceptors (Lipinski definition) is 2. The maximum Gasteiger partial charge on any atom is 0.416 e. The number of benzene rings is 1. The van der Waals surface area contributed by atoms with E-state index in [9.17, 15) is 13.2 Å². The maximum absolute atomic E-state index is 12.4. The van der Waals surface area contributed by atoms with Crippen molar-refractivity contribution in [3.63, 3.8) is 0 Å². The highest BCUT2D eigenvalue weighted by Gasteiger charge is 2.29. The van der Waals surface area contributed by atoms with Gasteiger partial charge in [0.25, 0.3) is 0 Å². The molecule has 102 valence electrons. The average molecular weight is 260 g/mol. The van der Waals surface area contributed by atoms with Crippen LogP contribution in [0.4, 0.5) is 18.9 Å². The Morgan fingerprint density at radius 1 is 1.22 bits per heavy atom. The van der Waals surface area contributed by atoms with Gasteiger partial charge < -0.3 is 11.1 Å². The van der Waals surface area contributed by atoms with Crippen molar-refractivity contribution in [3.8, 4) is 0 Å². The number of hydrogen-bond donors (Lipinski definition) is 2. The van der Waals surface area contributed by atoms with Gasteiger partial charge in [-0.25, -0.2) is 0 Å². The summed E-state index contributed by atoms with van der Waals surface area (Å²) in [5, 5.41) is 3.14. The molecule has 0 amide bonds. The molecule has 18 heavy (non-hydrogen) atoms. The second kappa shape index (κ2) is 6.64. The van der Waals surface area contributed by atoms with Crippen molar-refractivity contribution < 1.29 is 13.2 Å². The third-order valence-corrected chi connectivity index (χ3v) is 2.96. The summed E-state index contributed by atoms with van der Waals surface area (Å²) < 4.78 is 37.1. The van der Waals surface area contributed by atoms with Crippen LogP contribution in [0.25, 0.3) is 0 Å². The monoisotopic (exact) mass is 260 g/mol. The molecule has 3 N–H and O–H groups in total. The van der Waals surface area contributed by atoms with E-state index in [0.29, 0.717) is 18.2 Å². The van der Waals surface area contributed by atoms with Crippen LogP contribution in [0.1, 0.15) is 25.3 Å². The highest BCUT2D eigenvalue weighted by Crippen LogP contribution is 2.29. The fraction of sp³-hybridized carbons (Fsp3) is 0.538. The predicted molar refractivity (Wildman–Crippen MR) is 67.4 cm³/mol. The Balaban J connectivity index is 2.53. The van der Waals surface area contributed by atoms with Gasteiger partial charge in [0.15, 0.2) is 0 Å². The van der Waals surface area contributed by atoms with Crippen LogP contribution in [-0.2, 0) is 6.18 Å². The van der Waals surface area contributed by atoms with Crippen LogP contribution in [0, 0.1) is 5.92 Å². The maximum atomic E-state index is 12.4. The molecule has 0 saturated carbocycles. The van der Waals surface area contributed by atoms with Crippen molar-refractivity contribution in [2.75, 3.05) is 18.4 Å². The minimum Gasteiger partial charge on any atom is -0.385 e. The Kier molecular flexibility index (Phi) is 5.47. The third-order valence-electron chi connectivity index (χ3n) is 2.96. The minimum absolute atomic E-state index is 0.456. The normalized spacial score (nSPS) is 13.4. The first-order valence-corrected chi connectivity index (χ1v) is 6.08. The topological polar surface area (TPSA) is 38.0 Å². The van der Waals surface area contributed by atoms with E-state index in [4.69, 9.17) is 5.73 Å². The number of nitrogens with one attached hydrogen (secondary N) is 1. The SMILES string of the molecule is CCC(CCN)CNc1ccc(C(F)(F)F)cc1. The standard InChI is InChI=1S/C13H19F3N2/c1-2-10(7-8-17)9-18-12-5-3-11(4-6-12)13(14,15)16/h3-6,10,18H,2,7-9,17H2,1H3. The Bertz CT molecular complexity index is 346. The molecule has 5 heteroatoms. The first-order valence-electron chi connectivity index (χ1n) is 6.08. The largest absolute Gasteiger partial charge is 0.416 e. The van der Waals surface area contributed by atoms with E-state index < -0.39 is 11.7 Å². The van der Waals surface area contributed by atoms with E-state index in [0.717, 1.165) is 31.5 Å². The smallest absolute Gasteiger partial charge is 0.385 e. The molecule has 0 bridgehead atoms. The molecule has 2 nitrogen and oxygen atoms in total. The molecule has 0 aliphatic rings. The van der Waals surface area contributed by atoms with Crippen LogP contribution in [-0.4, -0.2) is 13.1 Å². The highest BCUT2D eigenvalue weighted by atomic mass is 19.4. The summed E-state index contributed by atoms with van der Waals surface area (Å²) in [4.78, 5) is 0. The molecule has 0 aromatic heterocycles. The molecule has 1 aromatic carbocycles. The lowest BCUT2D eigenvalue weighted by atomic mass is 10.0. The van der Waals surface area contributed by atoms with Gasteiger partial charge in [-0.1, -0.05) is 13.3 Å².